The average molecular weight is 387 g/mol. The monoisotopic (exact) mass is 386 g/mol. The second-order valence-corrected chi connectivity index (χ2v) is 5.73. The van der Waals surface area contributed by atoms with Gasteiger partial charge in [0.25, 0.3) is 0 Å². The molecule has 0 aliphatic heterocycles. The van der Waals surface area contributed by atoms with Crippen molar-refractivity contribution in [2.24, 2.45) is 0 Å². The molecule has 0 radical (unpaired) electrons. The highest BCUT2D eigenvalue weighted by molar-refractivity contribution is 14.1. The van der Waals surface area contributed by atoms with Gasteiger partial charge in [-0.2, -0.15) is 0 Å². The van der Waals surface area contributed by atoms with Gasteiger partial charge in [-0.3, -0.25) is 0 Å². The Bertz CT molecular complexity index is 599. The predicted molar refractivity (Wildman–Crippen MR) is 88.0 cm³/mol. The number of halogens is 2. The third-order valence-electron chi connectivity index (χ3n) is 2.54. The lowest BCUT2D eigenvalue weighted by Crippen LogP contribution is -2.19. The maximum absolute atomic E-state index is 11.8. The molecule has 0 fully saturated rings. The Balaban J connectivity index is 2.03. The number of rotatable bonds is 2. The fraction of sp³-hybridized carbons (Fsp3) is 0.0714. The second kappa shape index (κ2) is 6.25. The molecule has 0 spiro atoms. The average Bonchev–Trinajstić information content (AvgIpc) is 2.36. The van der Waals surface area contributed by atoms with Gasteiger partial charge in [0, 0.05) is 20.0 Å². The van der Waals surface area contributed by atoms with Crippen LogP contribution in [0.5, 0.6) is 0 Å². The van der Waals surface area contributed by atoms with Crippen LogP contribution in [-0.2, 0) is 0 Å². The van der Waals surface area contributed by atoms with Crippen LogP contribution in [0.4, 0.5) is 16.2 Å². The Hall–Kier alpha value is -1.27. The van der Waals surface area contributed by atoms with E-state index in [0.717, 1.165) is 14.8 Å². The largest absolute Gasteiger partial charge is 0.323 e. The van der Waals surface area contributed by atoms with Crippen molar-refractivity contribution >= 4 is 51.6 Å². The van der Waals surface area contributed by atoms with E-state index in [9.17, 15) is 4.79 Å². The minimum atomic E-state index is -0.272. The summed E-state index contributed by atoms with van der Waals surface area (Å²) >= 11 is 8.02. The first-order valence-electron chi connectivity index (χ1n) is 5.64. The fourth-order valence-electron chi connectivity index (χ4n) is 1.59. The van der Waals surface area contributed by atoms with Crippen LogP contribution in [-0.4, -0.2) is 6.03 Å². The van der Waals surface area contributed by atoms with E-state index in [4.69, 9.17) is 11.6 Å². The van der Waals surface area contributed by atoms with Crippen molar-refractivity contribution in [2.45, 2.75) is 6.92 Å². The van der Waals surface area contributed by atoms with E-state index in [1.54, 1.807) is 24.3 Å². The topological polar surface area (TPSA) is 41.1 Å². The summed E-state index contributed by atoms with van der Waals surface area (Å²) in [7, 11) is 0. The molecule has 0 saturated heterocycles. The summed E-state index contributed by atoms with van der Waals surface area (Å²) < 4.78 is 1.14. The number of hydrogen-bond donors (Lipinski definition) is 2. The number of carbonyl (C=O) groups is 1. The Labute approximate surface area is 130 Å². The molecule has 2 amide bonds. The SMILES string of the molecule is Cc1cc(I)ccc1NC(=O)Nc1ccc(Cl)cc1. The molecule has 2 N–H and O–H groups in total. The summed E-state index contributed by atoms with van der Waals surface area (Å²) in [6, 6.07) is 12.5. The summed E-state index contributed by atoms with van der Waals surface area (Å²) in [6.45, 7) is 1.96. The van der Waals surface area contributed by atoms with Gasteiger partial charge in [0.05, 0.1) is 0 Å². The molecular weight excluding hydrogens is 375 g/mol. The molecule has 5 heteroatoms. The first kappa shape index (κ1) is 14.1. The number of benzene rings is 2. The van der Waals surface area contributed by atoms with Crippen LogP contribution in [0, 0.1) is 10.5 Å². The van der Waals surface area contributed by atoms with E-state index in [1.807, 2.05) is 25.1 Å². The summed E-state index contributed by atoms with van der Waals surface area (Å²) in [5.41, 5.74) is 2.52. The number of aryl methyl sites for hydroxylation is 1. The van der Waals surface area contributed by atoms with Crippen LogP contribution in [0.1, 0.15) is 5.56 Å². The highest BCUT2D eigenvalue weighted by Gasteiger charge is 2.05. The van der Waals surface area contributed by atoms with Crippen LogP contribution in [0.15, 0.2) is 42.5 Å². The van der Waals surface area contributed by atoms with Crippen molar-refractivity contribution in [3.63, 3.8) is 0 Å². The lowest BCUT2D eigenvalue weighted by atomic mass is 10.2. The van der Waals surface area contributed by atoms with Gasteiger partial charge in [-0.25, -0.2) is 4.79 Å². The van der Waals surface area contributed by atoms with Gasteiger partial charge in [0.15, 0.2) is 0 Å². The molecule has 0 heterocycles. The van der Waals surface area contributed by atoms with Crippen LogP contribution < -0.4 is 10.6 Å². The molecule has 98 valence electrons. The highest BCUT2D eigenvalue weighted by atomic mass is 127. The molecule has 0 bridgehead atoms. The summed E-state index contributed by atoms with van der Waals surface area (Å²) in [4.78, 5) is 11.8. The van der Waals surface area contributed by atoms with Crippen molar-refractivity contribution in [2.75, 3.05) is 10.6 Å². The normalized spacial score (nSPS) is 10.1. The van der Waals surface area contributed by atoms with Crippen LogP contribution >= 0.6 is 34.2 Å². The molecule has 0 aromatic heterocycles. The molecule has 3 nitrogen and oxygen atoms in total. The first-order chi connectivity index (χ1) is 9.04. The Morgan fingerprint density at radius 3 is 2.42 bits per heavy atom. The van der Waals surface area contributed by atoms with Gasteiger partial charge in [-0.05, 0) is 77.5 Å². The molecule has 0 atom stereocenters. The van der Waals surface area contributed by atoms with Crippen LogP contribution in [0.2, 0.25) is 5.02 Å². The van der Waals surface area contributed by atoms with E-state index >= 15 is 0 Å². The Morgan fingerprint density at radius 1 is 1.11 bits per heavy atom. The number of nitrogens with one attached hydrogen (secondary N) is 2. The van der Waals surface area contributed by atoms with Crippen molar-refractivity contribution in [3.8, 4) is 0 Å². The molecular formula is C14H12ClIN2O. The second-order valence-electron chi connectivity index (χ2n) is 4.05. The van der Waals surface area contributed by atoms with Crippen molar-refractivity contribution in [1.29, 1.82) is 0 Å². The van der Waals surface area contributed by atoms with Crippen LogP contribution in [0.3, 0.4) is 0 Å². The molecule has 0 aliphatic carbocycles. The van der Waals surface area contributed by atoms with E-state index in [2.05, 4.69) is 33.2 Å². The minimum absolute atomic E-state index is 0.272. The zero-order valence-corrected chi connectivity index (χ0v) is 13.1. The molecule has 0 saturated carbocycles. The fourth-order valence-corrected chi connectivity index (χ4v) is 2.36. The van der Waals surface area contributed by atoms with Gasteiger partial charge in [-0.15, -0.1) is 0 Å². The number of amides is 2. The summed E-state index contributed by atoms with van der Waals surface area (Å²) in [5, 5.41) is 6.20. The Kier molecular flexibility index (Phi) is 4.66. The highest BCUT2D eigenvalue weighted by Crippen LogP contribution is 2.18. The molecule has 0 aliphatic rings. The van der Waals surface area contributed by atoms with Gasteiger partial charge < -0.3 is 10.6 Å². The Morgan fingerprint density at radius 2 is 1.79 bits per heavy atom. The maximum Gasteiger partial charge on any atom is 0.323 e. The number of hydrogen-bond acceptors (Lipinski definition) is 1. The third kappa shape index (κ3) is 4.11. The van der Waals surface area contributed by atoms with Gasteiger partial charge in [-0.1, -0.05) is 11.6 Å². The van der Waals surface area contributed by atoms with Crippen molar-refractivity contribution in [1.82, 2.24) is 0 Å². The summed E-state index contributed by atoms with van der Waals surface area (Å²) in [5.74, 6) is 0. The lowest BCUT2D eigenvalue weighted by molar-refractivity contribution is 0.262. The van der Waals surface area contributed by atoms with E-state index in [-0.39, 0.29) is 6.03 Å². The minimum Gasteiger partial charge on any atom is -0.308 e. The lowest BCUT2D eigenvalue weighted by Gasteiger charge is -2.10. The number of carbonyl (C=O) groups excluding carboxylic acids is 1. The standard InChI is InChI=1S/C14H12ClIN2O/c1-9-8-11(16)4-7-13(9)18-14(19)17-12-5-2-10(15)3-6-12/h2-8H,1H3,(H2,17,18,19). The molecule has 2 rings (SSSR count). The van der Waals surface area contributed by atoms with Gasteiger partial charge in [0.2, 0.25) is 0 Å². The smallest absolute Gasteiger partial charge is 0.308 e. The molecule has 2 aromatic carbocycles. The quantitative estimate of drug-likeness (QED) is 0.708. The molecule has 2 aromatic rings. The zero-order valence-electron chi connectivity index (χ0n) is 10.2. The third-order valence-corrected chi connectivity index (χ3v) is 3.46. The predicted octanol–water partition coefficient (Wildman–Crippen LogP) is 4.90. The van der Waals surface area contributed by atoms with Gasteiger partial charge >= 0.3 is 6.03 Å². The first-order valence-corrected chi connectivity index (χ1v) is 7.10. The van der Waals surface area contributed by atoms with Gasteiger partial charge in [0.1, 0.15) is 0 Å². The van der Waals surface area contributed by atoms with Crippen molar-refractivity contribution < 1.29 is 4.79 Å². The molecule has 19 heavy (non-hydrogen) atoms. The van der Waals surface area contributed by atoms with E-state index < -0.39 is 0 Å². The number of anilines is 2. The summed E-state index contributed by atoms with van der Waals surface area (Å²) in [6.07, 6.45) is 0. The molecule has 0 unspecified atom stereocenters. The van der Waals surface area contributed by atoms with E-state index in [0.29, 0.717) is 10.7 Å². The van der Waals surface area contributed by atoms with Crippen LogP contribution in [0.25, 0.3) is 0 Å². The zero-order chi connectivity index (χ0) is 13.8. The number of urea groups is 1. The van der Waals surface area contributed by atoms with Crippen molar-refractivity contribution in [3.05, 3.63) is 56.6 Å². The maximum atomic E-state index is 11.8. The van der Waals surface area contributed by atoms with E-state index in [1.165, 1.54) is 0 Å².